The summed E-state index contributed by atoms with van der Waals surface area (Å²) in [4.78, 5) is 40.1. The summed E-state index contributed by atoms with van der Waals surface area (Å²) >= 11 is 6.26. The molecule has 27 heavy (non-hydrogen) atoms. The lowest BCUT2D eigenvalue weighted by Crippen LogP contribution is -2.46. The third-order valence-corrected chi connectivity index (χ3v) is 6.27. The van der Waals surface area contributed by atoms with E-state index in [0.29, 0.717) is 35.8 Å². The van der Waals surface area contributed by atoms with Gasteiger partial charge in [-0.3, -0.25) is 9.69 Å². The summed E-state index contributed by atoms with van der Waals surface area (Å²) in [5.41, 5.74) is 0.843. The number of hydrogen-bond donors (Lipinski definition) is 2. The molecule has 1 aliphatic carbocycles. The Morgan fingerprint density at radius 2 is 2.00 bits per heavy atom. The van der Waals surface area contributed by atoms with Gasteiger partial charge in [-0.2, -0.15) is 0 Å². The van der Waals surface area contributed by atoms with Gasteiger partial charge in [0, 0.05) is 24.7 Å². The summed E-state index contributed by atoms with van der Waals surface area (Å²) in [6, 6.07) is 3.74. The Bertz CT molecular complexity index is 799. The van der Waals surface area contributed by atoms with Crippen LogP contribution >= 0.6 is 11.6 Å². The molecule has 0 bridgehead atoms. The maximum absolute atomic E-state index is 13.3. The summed E-state index contributed by atoms with van der Waals surface area (Å²) < 4.78 is 0. The smallest absolute Gasteiger partial charge is 0.326 e. The first-order valence-corrected chi connectivity index (χ1v) is 9.75. The molecule has 2 N–H and O–H groups in total. The van der Waals surface area contributed by atoms with Crippen LogP contribution in [-0.4, -0.2) is 53.1 Å². The van der Waals surface area contributed by atoms with Gasteiger partial charge in [0.25, 0.3) is 5.91 Å². The van der Waals surface area contributed by atoms with Crippen molar-refractivity contribution in [3.63, 3.8) is 0 Å². The molecule has 0 aromatic heterocycles. The number of amides is 3. The number of urea groups is 1. The van der Waals surface area contributed by atoms with Crippen molar-refractivity contribution in [2.24, 2.45) is 5.92 Å². The fraction of sp³-hybridized carbons (Fsp3) is 0.526. The highest BCUT2D eigenvalue weighted by atomic mass is 35.5. The maximum Gasteiger partial charge on any atom is 0.326 e. The SMILES string of the molecule is O=C(O)C1CC2CCCCC2N1C(=O)c1ccc(Cl)c(N2CCNC2=O)c1. The predicted octanol–water partition coefficient (Wildman–Crippen LogP) is 2.73. The molecule has 3 atom stereocenters. The van der Waals surface area contributed by atoms with Crippen molar-refractivity contribution in [3.8, 4) is 0 Å². The number of aliphatic carboxylic acids is 1. The Morgan fingerprint density at radius 3 is 2.70 bits per heavy atom. The minimum absolute atomic E-state index is 0.0263. The highest BCUT2D eigenvalue weighted by Gasteiger charge is 2.47. The molecule has 4 rings (SSSR count). The number of hydrogen-bond acceptors (Lipinski definition) is 3. The number of fused-ring (bicyclic) bond motifs is 1. The van der Waals surface area contributed by atoms with Gasteiger partial charge in [-0.15, -0.1) is 0 Å². The second kappa shape index (κ2) is 7.03. The topological polar surface area (TPSA) is 89.9 Å². The first kappa shape index (κ1) is 18.1. The number of carboxylic acid groups (broad SMARTS) is 1. The van der Waals surface area contributed by atoms with E-state index < -0.39 is 12.0 Å². The van der Waals surface area contributed by atoms with Crippen molar-refractivity contribution in [3.05, 3.63) is 28.8 Å². The Labute approximate surface area is 162 Å². The van der Waals surface area contributed by atoms with E-state index in [1.54, 1.807) is 23.1 Å². The zero-order valence-electron chi connectivity index (χ0n) is 14.9. The van der Waals surface area contributed by atoms with Gasteiger partial charge < -0.3 is 15.3 Å². The monoisotopic (exact) mass is 391 g/mol. The summed E-state index contributed by atoms with van der Waals surface area (Å²) in [5.74, 6) is -1.000. The van der Waals surface area contributed by atoms with E-state index in [9.17, 15) is 19.5 Å². The Kier molecular flexibility index (Phi) is 4.72. The van der Waals surface area contributed by atoms with Crippen molar-refractivity contribution in [2.45, 2.75) is 44.2 Å². The highest BCUT2D eigenvalue weighted by Crippen LogP contribution is 2.41. The molecule has 1 aromatic rings. The molecule has 2 aliphatic heterocycles. The van der Waals surface area contributed by atoms with E-state index in [1.807, 2.05) is 0 Å². The van der Waals surface area contributed by atoms with Gasteiger partial charge in [0.15, 0.2) is 0 Å². The van der Waals surface area contributed by atoms with Gasteiger partial charge in [0.2, 0.25) is 0 Å². The van der Waals surface area contributed by atoms with Gasteiger partial charge in [0.1, 0.15) is 6.04 Å². The van der Waals surface area contributed by atoms with E-state index in [2.05, 4.69) is 5.32 Å². The third-order valence-electron chi connectivity index (χ3n) is 5.95. The van der Waals surface area contributed by atoms with Gasteiger partial charge in [-0.25, -0.2) is 9.59 Å². The highest BCUT2D eigenvalue weighted by molar-refractivity contribution is 6.34. The van der Waals surface area contributed by atoms with Gasteiger partial charge in [-0.1, -0.05) is 24.4 Å². The molecular weight excluding hydrogens is 370 g/mol. The van der Waals surface area contributed by atoms with Crippen LogP contribution in [-0.2, 0) is 4.79 Å². The summed E-state index contributed by atoms with van der Waals surface area (Å²) in [5, 5.41) is 12.8. The quantitative estimate of drug-likeness (QED) is 0.828. The molecule has 0 spiro atoms. The molecule has 3 fully saturated rings. The maximum atomic E-state index is 13.3. The average molecular weight is 392 g/mol. The van der Waals surface area contributed by atoms with Crippen LogP contribution in [0.25, 0.3) is 0 Å². The van der Waals surface area contributed by atoms with Crippen molar-refractivity contribution in [2.75, 3.05) is 18.0 Å². The molecule has 1 saturated carbocycles. The lowest BCUT2D eigenvalue weighted by Gasteiger charge is -2.33. The number of halogens is 1. The zero-order chi connectivity index (χ0) is 19.1. The minimum atomic E-state index is -0.953. The van der Waals surface area contributed by atoms with Crippen molar-refractivity contribution >= 4 is 35.2 Å². The minimum Gasteiger partial charge on any atom is -0.480 e. The lowest BCUT2D eigenvalue weighted by molar-refractivity contribution is -0.141. The molecule has 1 aromatic carbocycles. The first-order chi connectivity index (χ1) is 13.0. The second-order valence-electron chi connectivity index (χ2n) is 7.46. The van der Waals surface area contributed by atoms with Crippen LogP contribution in [0.15, 0.2) is 18.2 Å². The Balaban J connectivity index is 1.67. The molecular formula is C19H22ClN3O4. The number of rotatable bonds is 3. The standard InChI is InChI=1S/C19H22ClN3O4/c20-13-6-5-12(10-15(13)22-8-7-21-19(22)27)17(24)23-14-4-2-1-3-11(14)9-16(23)18(25)26/h5-6,10-11,14,16H,1-4,7-9H2,(H,21,27)(H,25,26). The molecule has 3 amide bonds. The first-order valence-electron chi connectivity index (χ1n) is 9.37. The predicted molar refractivity (Wildman–Crippen MR) is 100 cm³/mol. The Hall–Kier alpha value is -2.28. The molecule has 3 unspecified atom stereocenters. The van der Waals surface area contributed by atoms with E-state index in [-0.39, 0.29) is 23.9 Å². The third kappa shape index (κ3) is 3.14. The average Bonchev–Trinajstić information content (AvgIpc) is 3.25. The van der Waals surface area contributed by atoms with Crippen LogP contribution in [0.1, 0.15) is 42.5 Å². The van der Waals surface area contributed by atoms with E-state index >= 15 is 0 Å². The fourth-order valence-electron chi connectivity index (χ4n) is 4.68. The number of carbonyl (C=O) groups is 3. The number of benzene rings is 1. The molecule has 0 radical (unpaired) electrons. The molecule has 2 heterocycles. The van der Waals surface area contributed by atoms with Crippen LogP contribution in [0.3, 0.4) is 0 Å². The van der Waals surface area contributed by atoms with Crippen LogP contribution in [0.2, 0.25) is 5.02 Å². The summed E-state index contributed by atoms with van der Waals surface area (Å²) in [7, 11) is 0. The number of nitrogens with one attached hydrogen (secondary N) is 1. The van der Waals surface area contributed by atoms with E-state index in [4.69, 9.17) is 11.6 Å². The van der Waals surface area contributed by atoms with E-state index in [1.165, 1.54) is 4.90 Å². The van der Waals surface area contributed by atoms with Gasteiger partial charge in [-0.05, 0) is 43.4 Å². The number of nitrogens with zero attached hydrogens (tertiary/aromatic N) is 2. The fourth-order valence-corrected chi connectivity index (χ4v) is 4.90. The van der Waals surface area contributed by atoms with Gasteiger partial charge >= 0.3 is 12.0 Å². The number of likely N-dealkylation sites (tertiary alicyclic amines) is 1. The summed E-state index contributed by atoms with van der Waals surface area (Å²) in [6.45, 7) is 0.993. The zero-order valence-corrected chi connectivity index (χ0v) is 15.6. The molecule has 3 aliphatic rings. The second-order valence-corrected chi connectivity index (χ2v) is 7.87. The van der Waals surface area contributed by atoms with Crippen LogP contribution in [0, 0.1) is 5.92 Å². The van der Waals surface area contributed by atoms with Crippen LogP contribution in [0.5, 0.6) is 0 Å². The Morgan fingerprint density at radius 1 is 1.22 bits per heavy atom. The normalized spacial score (nSPS) is 27.4. The molecule has 144 valence electrons. The van der Waals surface area contributed by atoms with Gasteiger partial charge in [0.05, 0.1) is 10.7 Å². The largest absolute Gasteiger partial charge is 0.480 e. The van der Waals surface area contributed by atoms with Crippen molar-refractivity contribution < 1.29 is 19.5 Å². The number of anilines is 1. The van der Waals surface area contributed by atoms with Crippen LogP contribution < -0.4 is 10.2 Å². The van der Waals surface area contributed by atoms with E-state index in [0.717, 1.165) is 25.7 Å². The lowest BCUT2D eigenvalue weighted by atomic mass is 9.84. The molecule has 2 saturated heterocycles. The van der Waals surface area contributed by atoms with Crippen LogP contribution in [0.4, 0.5) is 10.5 Å². The molecule has 7 nitrogen and oxygen atoms in total. The van der Waals surface area contributed by atoms with Crippen molar-refractivity contribution in [1.82, 2.24) is 10.2 Å². The number of carbonyl (C=O) groups excluding carboxylic acids is 2. The molecule has 8 heteroatoms. The number of carboxylic acids is 1. The summed E-state index contributed by atoms with van der Waals surface area (Å²) in [6.07, 6.45) is 4.43. The van der Waals surface area contributed by atoms with Crippen molar-refractivity contribution in [1.29, 1.82) is 0 Å².